The number of hydrogen-bond acceptors (Lipinski definition) is 2. The fourth-order valence-corrected chi connectivity index (χ4v) is 3.17. The second-order valence-electron chi connectivity index (χ2n) is 6.44. The van der Waals surface area contributed by atoms with E-state index in [0.717, 1.165) is 30.9 Å². The predicted molar refractivity (Wildman–Crippen MR) is 99.4 cm³/mol. The maximum Gasteiger partial charge on any atom is 0.165 e. The van der Waals surface area contributed by atoms with Crippen LogP contribution < -0.4 is 0 Å². The van der Waals surface area contributed by atoms with Gasteiger partial charge in [-0.05, 0) is 42.9 Å². The topological polar surface area (TPSA) is 18.5 Å². The highest BCUT2D eigenvalue weighted by Crippen LogP contribution is 2.32. The Hall–Kier alpha value is -2.04. The minimum atomic E-state index is -0.858. The Labute approximate surface area is 153 Å². The molecule has 1 fully saturated rings. The summed E-state index contributed by atoms with van der Waals surface area (Å²) < 4.78 is 40.2. The lowest BCUT2D eigenvalue weighted by Crippen LogP contribution is -2.25. The Balaban J connectivity index is 1.90. The zero-order valence-corrected chi connectivity index (χ0v) is 15.0. The van der Waals surface area contributed by atoms with Gasteiger partial charge in [-0.3, -0.25) is 0 Å². The van der Waals surface area contributed by atoms with Gasteiger partial charge in [-0.15, -0.1) is 0 Å². The summed E-state index contributed by atoms with van der Waals surface area (Å²) in [5.74, 6) is -1.70. The summed E-state index contributed by atoms with van der Waals surface area (Å²) >= 11 is 0. The summed E-state index contributed by atoms with van der Waals surface area (Å²) in [5, 5.41) is 0. The normalized spacial score (nSPS) is 19.0. The molecule has 1 aliphatic rings. The Bertz CT molecular complexity index is 737. The Kier molecular flexibility index (Phi) is 6.53. The second-order valence-corrected chi connectivity index (χ2v) is 6.44. The van der Waals surface area contributed by atoms with E-state index in [1.165, 1.54) is 0 Å². The van der Waals surface area contributed by atoms with Crippen molar-refractivity contribution in [3.8, 4) is 0 Å². The lowest BCUT2D eigenvalue weighted by molar-refractivity contribution is -0.191. The molecule has 0 radical (unpaired) electrons. The van der Waals surface area contributed by atoms with Gasteiger partial charge < -0.3 is 9.47 Å². The molecule has 1 heterocycles. The van der Waals surface area contributed by atoms with Crippen LogP contribution in [0.5, 0.6) is 0 Å². The van der Waals surface area contributed by atoms with Gasteiger partial charge in [-0.25, -0.2) is 8.78 Å². The first-order valence-electron chi connectivity index (χ1n) is 9.17. The number of hydrogen-bond donors (Lipinski definition) is 0. The molecule has 4 heteroatoms. The first-order chi connectivity index (χ1) is 12.7. The largest absolute Gasteiger partial charge is 0.353 e. The summed E-state index contributed by atoms with van der Waals surface area (Å²) in [6.07, 6.45) is 6.13. The van der Waals surface area contributed by atoms with E-state index in [1.54, 1.807) is 12.1 Å². The maximum atomic E-state index is 14.6. The summed E-state index contributed by atoms with van der Waals surface area (Å²) in [6.45, 7) is 2.55. The molecule has 26 heavy (non-hydrogen) atoms. The predicted octanol–water partition coefficient (Wildman–Crippen LogP) is 6.13. The third kappa shape index (κ3) is 4.57. The second kappa shape index (κ2) is 9.06. The standard InChI is InChI=1S/C22H24F2O2/c1-2-19(26-20-10-6-7-15-25-20)21-17(13-14-18(23)22(21)24)12-11-16-8-4-3-5-9-16/h3-5,8-9,11-14,19-20H,2,6-7,10,15H2,1H3. The van der Waals surface area contributed by atoms with Crippen molar-refractivity contribution in [2.75, 3.05) is 6.61 Å². The first kappa shape index (κ1) is 18.7. The van der Waals surface area contributed by atoms with Gasteiger partial charge in [0.15, 0.2) is 17.9 Å². The average molecular weight is 358 g/mol. The molecule has 0 amide bonds. The molecule has 2 aromatic carbocycles. The molecule has 0 aliphatic carbocycles. The summed E-state index contributed by atoms with van der Waals surface area (Å²) in [7, 11) is 0. The van der Waals surface area contributed by atoms with Crippen molar-refractivity contribution in [1.82, 2.24) is 0 Å². The smallest absolute Gasteiger partial charge is 0.165 e. The molecule has 0 spiro atoms. The van der Waals surface area contributed by atoms with E-state index in [1.807, 2.05) is 43.3 Å². The summed E-state index contributed by atoms with van der Waals surface area (Å²) in [6, 6.07) is 12.5. The van der Waals surface area contributed by atoms with Crippen molar-refractivity contribution in [2.24, 2.45) is 0 Å². The molecule has 1 aliphatic heterocycles. The van der Waals surface area contributed by atoms with Crippen LogP contribution in [0.25, 0.3) is 12.2 Å². The Morgan fingerprint density at radius 1 is 1.12 bits per heavy atom. The molecule has 2 aromatic rings. The minimum Gasteiger partial charge on any atom is -0.353 e. The average Bonchev–Trinajstić information content (AvgIpc) is 2.69. The summed E-state index contributed by atoms with van der Waals surface area (Å²) in [5.41, 5.74) is 1.87. The van der Waals surface area contributed by atoms with Crippen LogP contribution in [0, 0.1) is 11.6 Å². The third-order valence-electron chi connectivity index (χ3n) is 4.57. The van der Waals surface area contributed by atoms with Crippen molar-refractivity contribution in [2.45, 2.75) is 45.0 Å². The minimum absolute atomic E-state index is 0.258. The van der Waals surface area contributed by atoms with Crippen LogP contribution in [0.15, 0.2) is 42.5 Å². The van der Waals surface area contributed by atoms with Gasteiger partial charge in [-0.1, -0.05) is 55.5 Å². The van der Waals surface area contributed by atoms with Crippen LogP contribution in [0.1, 0.15) is 55.4 Å². The van der Waals surface area contributed by atoms with Gasteiger partial charge >= 0.3 is 0 Å². The van der Waals surface area contributed by atoms with Crippen LogP contribution in [0.3, 0.4) is 0 Å². The molecule has 1 saturated heterocycles. The molecule has 0 aromatic heterocycles. The monoisotopic (exact) mass is 358 g/mol. The van der Waals surface area contributed by atoms with Crippen molar-refractivity contribution in [3.63, 3.8) is 0 Å². The lowest BCUT2D eigenvalue weighted by Gasteiger charge is -2.28. The van der Waals surface area contributed by atoms with E-state index < -0.39 is 17.7 Å². The number of benzene rings is 2. The van der Waals surface area contributed by atoms with Crippen molar-refractivity contribution in [1.29, 1.82) is 0 Å². The van der Waals surface area contributed by atoms with E-state index in [-0.39, 0.29) is 11.9 Å². The van der Waals surface area contributed by atoms with Crippen LogP contribution in [-0.2, 0) is 9.47 Å². The van der Waals surface area contributed by atoms with Gasteiger partial charge in [0.2, 0.25) is 0 Å². The van der Waals surface area contributed by atoms with Crippen molar-refractivity contribution in [3.05, 3.63) is 70.8 Å². The highest BCUT2D eigenvalue weighted by atomic mass is 19.2. The van der Waals surface area contributed by atoms with Crippen LogP contribution >= 0.6 is 0 Å². The SMILES string of the molecule is CCC(OC1CCCCO1)c1c(C=Cc2ccccc2)ccc(F)c1F. The molecule has 2 atom stereocenters. The van der Waals surface area contributed by atoms with Crippen LogP contribution in [-0.4, -0.2) is 12.9 Å². The molecule has 138 valence electrons. The Morgan fingerprint density at radius 3 is 2.62 bits per heavy atom. The van der Waals surface area contributed by atoms with Crippen molar-refractivity contribution >= 4 is 12.2 Å². The molecule has 0 saturated carbocycles. The lowest BCUT2D eigenvalue weighted by atomic mass is 9.98. The molecule has 0 bridgehead atoms. The third-order valence-corrected chi connectivity index (χ3v) is 4.57. The zero-order chi connectivity index (χ0) is 18.4. The molecule has 0 N–H and O–H groups in total. The first-order valence-corrected chi connectivity index (χ1v) is 9.17. The number of ether oxygens (including phenoxy) is 2. The molecular weight excluding hydrogens is 334 g/mol. The fourth-order valence-electron chi connectivity index (χ4n) is 3.17. The van der Waals surface area contributed by atoms with Gasteiger partial charge in [0, 0.05) is 12.2 Å². The van der Waals surface area contributed by atoms with E-state index in [4.69, 9.17) is 9.47 Å². The molecule has 2 nitrogen and oxygen atoms in total. The Morgan fingerprint density at radius 2 is 1.92 bits per heavy atom. The van der Waals surface area contributed by atoms with E-state index in [9.17, 15) is 8.78 Å². The van der Waals surface area contributed by atoms with Gasteiger partial charge in [0.25, 0.3) is 0 Å². The number of rotatable bonds is 6. The fraction of sp³-hybridized carbons (Fsp3) is 0.364. The van der Waals surface area contributed by atoms with Crippen LogP contribution in [0.4, 0.5) is 8.78 Å². The quantitative estimate of drug-likeness (QED) is 0.578. The molecular formula is C22H24F2O2. The van der Waals surface area contributed by atoms with E-state index >= 15 is 0 Å². The van der Waals surface area contributed by atoms with Gasteiger partial charge in [0.05, 0.1) is 6.10 Å². The highest BCUT2D eigenvalue weighted by molar-refractivity contribution is 5.71. The van der Waals surface area contributed by atoms with Crippen LogP contribution in [0.2, 0.25) is 0 Å². The van der Waals surface area contributed by atoms with E-state index in [2.05, 4.69) is 0 Å². The summed E-state index contributed by atoms with van der Waals surface area (Å²) in [4.78, 5) is 0. The molecule has 3 rings (SSSR count). The highest BCUT2D eigenvalue weighted by Gasteiger charge is 2.25. The van der Waals surface area contributed by atoms with Gasteiger partial charge in [-0.2, -0.15) is 0 Å². The maximum absolute atomic E-state index is 14.6. The van der Waals surface area contributed by atoms with Crippen molar-refractivity contribution < 1.29 is 18.3 Å². The molecule has 2 unspecified atom stereocenters. The zero-order valence-electron chi connectivity index (χ0n) is 15.0. The van der Waals surface area contributed by atoms with E-state index in [0.29, 0.717) is 18.6 Å². The van der Waals surface area contributed by atoms with Gasteiger partial charge in [0.1, 0.15) is 0 Å². The number of halogens is 2.